The van der Waals surface area contributed by atoms with Gasteiger partial charge >= 0.3 is 0 Å². The first kappa shape index (κ1) is 34.9. The number of allylic oxidation sites excluding steroid dienone is 1. The molecule has 2 saturated carbocycles. The van der Waals surface area contributed by atoms with Gasteiger partial charge in [-0.2, -0.15) is 0 Å². The molecule has 1 saturated heterocycles. The van der Waals surface area contributed by atoms with E-state index >= 15 is 0 Å². The van der Waals surface area contributed by atoms with Crippen LogP contribution in [0.5, 0.6) is 5.88 Å². The highest BCUT2D eigenvalue weighted by Gasteiger charge is 2.62. The van der Waals surface area contributed by atoms with Crippen LogP contribution in [0.3, 0.4) is 0 Å². The number of carbonyl (C=O) groups excluding carboxylic acids is 4. The summed E-state index contributed by atoms with van der Waals surface area (Å²) in [6.45, 7) is 1.61. The fraction of sp³-hybridized carbons (Fsp3) is 0.500. The average Bonchev–Trinajstić information content (AvgIpc) is 3.95. The molecule has 4 amide bonds. The lowest BCUT2D eigenvalue weighted by molar-refractivity contribution is -0.141. The van der Waals surface area contributed by atoms with Crippen LogP contribution < -0.4 is 20.1 Å². The van der Waals surface area contributed by atoms with Gasteiger partial charge in [-0.1, -0.05) is 25.0 Å². The zero-order valence-corrected chi connectivity index (χ0v) is 29.5. The number of thiazole rings is 1. The Morgan fingerprint density at radius 1 is 1.12 bits per heavy atom. The van der Waals surface area contributed by atoms with Gasteiger partial charge < -0.3 is 20.3 Å². The Hall–Kier alpha value is -4.51. The number of aromatic nitrogens is 3. The van der Waals surface area contributed by atoms with Gasteiger partial charge in [0, 0.05) is 23.8 Å². The van der Waals surface area contributed by atoms with Gasteiger partial charge in [-0.15, -0.1) is 11.3 Å². The number of fused-ring (bicyclic) bond motifs is 3. The number of benzene rings is 1. The molecule has 3 aromatic rings. The molecule has 2 aromatic heterocycles. The molecule has 0 bridgehead atoms. The zero-order valence-electron chi connectivity index (χ0n) is 27.8. The normalized spacial score (nSPS) is 27.7. The standard InChI is InChI=1S/C34H38FN7O7S2/c1-19-31(39-26-13-21(35)9-12-24(26)37-19)49-22-14-28-30(44)40-34(33(46)41-51(47,48)23-10-11-23)15-20(34)7-5-3-2-4-6-8-25(32(45)42(28)16-22)38-29(43)27-17-50-18-36-27/h5,7,9,12-13,17-18,20,22-23,25,28H,2-4,6,8,10-11,14-16H2,1H3,(H,38,43)(H,40,44)(H,41,46)/b7-5-/t20-,22-,25+,28+,34-/m1/s1. The first-order valence-corrected chi connectivity index (χ1v) is 19.6. The fourth-order valence-electron chi connectivity index (χ4n) is 6.77. The number of hydrogen-bond acceptors (Lipinski definition) is 11. The first-order valence-electron chi connectivity index (χ1n) is 17.1. The molecule has 7 rings (SSSR count). The lowest BCUT2D eigenvalue weighted by Gasteiger charge is -2.29. The summed E-state index contributed by atoms with van der Waals surface area (Å²) in [4.78, 5) is 69.7. The molecule has 2 aliphatic carbocycles. The molecule has 0 spiro atoms. The molecule has 5 atom stereocenters. The predicted molar refractivity (Wildman–Crippen MR) is 183 cm³/mol. The van der Waals surface area contributed by atoms with E-state index in [2.05, 4.69) is 30.3 Å². The Bertz CT molecular complexity index is 2010. The van der Waals surface area contributed by atoms with E-state index in [1.165, 1.54) is 39.9 Å². The second-order valence-corrected chi connectivity index (χ2v) is 16.3. The molecule has 4 aliphatic rings. The van der Waals surface area contributed by atoms with Crippen LogP contribution in [0.25, 0.3) is 11.0 Å². The number of nitrogens with zero attached hydrogens (tertiary/aromatic N) is 4. The third kappa shape index (κ3) is 7.45. The van der Waals surface area contributed by atoms with Crippen LogP contribution in [0.2, 0.25) is 0 Å². The molecule has 3 fully saturated rings. The lowest BCUT2D eigenvalue weighted by Crippen LogP contribution is -2.58. The number of rotatable bonds is 7. The maximum atomic E-state index is 14.4. The van der Waals surface area contributed by atoms with Crippen LogP contribution in [0, 0.1) is 18.7 Å². The van der Waals surface area contributed by atoms with E-state index in [1.54, 1.807) is 12.3 Å². The predicted octanol–water partition coefficient (Wildman–Crippen LogP) is 2.68. The number of ether oxygens (including phenoxy) is 1. The summed E-state index contributed by atoms with van der Waals surface area (Å²) in [6.07, 6.45) is 7.24. The molecule has 3 N–H and O–H groups in total. The van der Waals surface area contributed by atoms with Gasteiger partial charge in [-0.25, -0.2) is 27.8 Å². The number of nitrogens with one attached hydrogen (secondary N) is 3. The van der Waals surface area contributed by atoms with E-state index in [-0.39, 0.29) is 36.5 Å². The quantitative estimate of drug-likeness (QED) is 0.304. The highest BCUT2D eigenvalue weighted by atomic mass is 32.2. The van der Waals surface area contributed by atoms with Crippen LogP contribution in [0.4, 0.5) is 4.39 Å². The van der Waals surface area contributed by atoms with Gasteiger partial charge in [0.05, 0.1) is 28.3 Å². The van der Waals surface area contributed by atoms with Gasteiger partial charge in [-0.05, 0) is 57.6 Å². The van der Waals surface area contributed by atoms with Crippen molar-refractivity contribution in [2.75, 3.05) is 6.54 Å². The van der Waals surface area contributed by atoms with Gasteiger partial charge in [-0.3, -0.25) is 23.9 Å². The third-order valence-corrected chi connectivity index (χ3v) is 12.3. The van der Waals surface area contributed by atoms with Crippen LogP contribution >= 0.6 is 11.3 Å². The molecular weight excluding hydrogens is 702 g/mol. The maximum Gasteiger partial charge on any atom is 0.271 e. The fourth-order valence-corrected chi connectivity index (χ4v) is 8.67. The smallest absolute Gasteiger partial charge is 0.271 e. The minimum absolute atomic E-state index is 0.00872. The Morgan fingerprint density at radius 3 is 2.71 bits per heavy atom. The molecule has 0 radical (unpaired) electrons. The summed E-state index contributed by atoms with van der Waals surface area (Å²) in [5.74, 6) is -3.34. The van der Waals surface area contributed by atoms with Crippen molar-refractivity contribution in [2.24, 2.45) is 5.92 Å². The number of carbonyl (C=O) groups is 4. The van der Waals surface area contributed by atoms with Gasteiger partial charge in [0.2, 0.25) is 27.7 Å². The van der Waals surface area contributed by atoms with E-state index < -0.39 is 74.4 Å². The number of sulfonamides is 1. The summed E-state index contributed by atoms with van der Waals surface area (Å²) in [7, 11) is -3.90. The Morgan fingerprint density at radius 2 is 1.94 bits per heavy atom. The summed E-state index contributed by atoms with van der Waals surface area (Å²) in [5, 5.41) is 6.58. The summed E-state index contributed by atoms with van der Waals surface area (Å²) >= 11 is 1.24. The second-order valence-electron chi connectivity index (χ2n) is 13.6. The molecule has 0 unspecified atom stereocenters. The van der Waals surface area contributed by atoms with Crippen molar-refractivity contribution in [1.29, 1.82) is 0 Å². The van der Waals surface area contributed by atoms with E-state index in [9.17, 15) is 32.0 Å². The minimum atomic E-state index is -3.90. The molecular formula is C34H38FN7O7S2. The highest BCUT2D eigenvalue weighted by Crippen LogP contribution is 2.46. The summed E-state index contributed by atoms with van der Waals surface area (Å²) in [6, 6.07) is 1.88. The molecule has 14 nitrogen and oxygen atoms in total. The third-order valence-electron chi connectivity index (χ3n) is 9.85. The molecule has 1 aromatic carbocycles. The SMILES string of the molecule is Cc1nc2ccc(F)cc2nc1O[C@@H]1C[C@H]2C(=O)N[C@]3(C(=O)NS(=O)(=O)C4CC4)C[C@H]3/C=C\CCCCC[C@H](NC(=O)c3cscn3)C(=O)N2C1. The molecule has 4 heterocycles. The summed E-state index contributed by atoms with van der Waals surface area (Å²) < 4.78 is 48.0. The van der Waals surface area contributed by atoms with Crippen molar-refractivity contribution in [1.82, 2.24) is 35.2 Å². The molecule has 51 heavy (non-hydrogen) atoms. The summed E-state index contributed by atoms with van der Waals surface area (Å²) in [5.41, 5.74) is 1.32. The van der Waals surface area contributed by atoms with Gasteiger partial charge in [0.15, 0.2) is 0 Å². The number of amides is 4. The number of hydrogen-bond donors (Lipinski definition) is 3. The van der Waals surface area contributed by atoms with E-state index in [4.69, 9.17) is 4.74 Å². The van der Waals surface area contributed by atoms with Crippen molar-refractivity contribution in [3.05, 3.63) is 58.4 Å². The minimum Gasteiger partial charge on any atom is -0.471 e. The van der Waals surface area contributed by atoms with Gasteiger partial charge in [0.1, 0.15) is 40.9 Å². The second kappa shape index (κ2) is 13.9. The van der Waals surface area contributed by atoms with E-state index in [0.29, 0.717) is 43.3 Å². The monoisotopic (exact) mass is 739 g/mol. The van der Waals surface area contributed by atoms with E-state index in [0.717, 1.165) is 12.8 Å². The van der Waals surface area contributed by atoms with E-state index in [1.807, 2.05) is 12.2 Å². The molecule has 270 valence electrons. The van der Waals surface area contributed by atoms with Crippen LogP contribution in [-0.4, -0.2) is 87.4 Å². The molecule has 17 heteroatoms. The van der Waals surface area contributed by atoms with Crippen LogP contribution in [0.1, 0.15) is 74.0 Å². The van der Waals surface area contributed by atoms with Crippen LogP contribution in [-0.2, 0) is 24.4 Å². The largest absolute Gasteiger partial charge is 0.471 e. The lowest BCUT2D eigenvalue weighted by atomic mass is 10.0. The van der Waals surface area contributed by atoms with Crippen molar-refractivity contribution < 1.29 is 36.7 Å². The zero-order chi connectivity index (χ0) is 35.9. The van der Waals surface area contributed by atoms with Crippen molar-refractivity contribution in [2.45, 2.75) is 93.7 Å². The first-order chi connectivity index (χ1) is 24.4. The van der Waals surface area contributed by atoms with Crippen molar-refractivity contribution in [3.63, 3.8) is 0 Å². The Balaban J connectivity index is 1.19. The molecule has 2 aliphatic heterocycles. The Kier molecular flexibility index (Phi) is 9.52. The average molecular weight is 740 g/mol. The Labute approximate surface area is 297 Å². The van der Waals surface area contributed by atoms with Crippen molar-refractivity contribution in [3.8, 4) is 5.88 Å². The topological polar surface area (TPSA) is 190 Å². The number of halogens is 1. The maximum absolute atomic E-state index is 14.4. The van der Waals surface area contributed by atoms with Crippen LogP contribution in [0.15, 0.2) is 41.2 Å². The van der Waals surface area contributed by atoms with Crippen molar-refractivity contribution >= 4 is 56.0 Å². The highest BCUT2D eigenvalue weighted by molar-refractivity contribution is 7.91. The van der Waals surface area contributed by atoms with Gasteiger partial charge in [0.25, 0.3) is 11.8 Å². The number of aryl methyl sites for hydroxylation is 1.